The van der Waals surface area contributed by atoms with Crippen molar-refractivity contribution < 1.29 is 9.53 Å². The average molecular weight is 488 g/mol. The predicted molar refractivity (Wildman–Crippen MR) is 136 cm³/mol. The molecule has 5 aromatic rings. The first-order chi connectivity index (χ1) is 16.6. The second-order valence-corrected chi connectivity index (χ2v) is 8.80. The fraction of sp³-hybridized carbons (Fsp3) is 0.0385. The van der Waals surface area contributed by atoms with Crippen molar-refractivity contribution in [1.82, 2.24) is 9.55 Å². The van der Waals surface area contributed by atoms with Crippen molar-refractivity contribution in [3.8, 4) is 22.6 Å². The minimum absolute atomic E-state index is 0.153. The first-order valence-electron chi connectivity index (χ1n) is 10.4. The average Bonchev–Trinajstić information content (AvgIpc) is 3.28. The first kappa shape index (κ1) is 21.9. The maximum atomic E-state index is 13.2. The van der Waals surface area contributed by atoms with E-state index in [0.717, 1.165) is 16.9 Å². The molecule has 2 heterocycles. The number of anilines is 1. The molecule has 0 spiro atoms. The van der Waals surface area contributed by atoms with E-state index in [9.17, 15) is 9.59 Å². The summed E-state index contributed by atoms with van der Waals surface area (Å²) < 4.78 is 7.08. The zero-order valence-corrected chi connectivity index (χ0v) is 19.3. The lowest BCUT2D eigenvalue weighted by Gasteiger charge is -2.09. The number of para-hydroxylation sites is 1. The molecular formula is C26H18ClN3O3S. The number of carbonyl (C=O) groups is 1. The van der Waals surface area contributed by atoms with Crippen molar-refractivity contribution in [3.63, 3.8) is 0 Å². The summed E-state index contributed by atoms with van der Waals surface area (Å²) in [6.45, 7) is -0.153. The molecule has 0 saturated heterocycles. The maximum absolute atomic E-state index is 13.2. The summed E-state index contributed by atoms with van der Waals surface area (Å²) in [6, 6.07) is 23.7. The van der Waals surface area contributed by atoms with Gasteiger partial charge in [-0.05, 0) is 54.1 Å². The third kappa shape index (κ3) is 4.71. The number of carbonyl (C=O) groups excluding carboxylic acids is 1. The lowest BCUT2D eigenvalue weighted by atomic mass is 10.1. The summed E-state index contributed by atoms with van der Waals surface area (Å²) in [7, 11) is 0. The quantitative estimate of drug-likeness (QED) is 0.309. The second kappa shape index (κ2) is 9.51. The molecule has 1 amide bonds. The predicted octanol–water partition coefficient (Wildman–Crippen LogP) is 6.21. The van der Waals surface area contributed by atoms with E-state index in [-0.39, 0.29) is 18.0 Å². The molecule has 0 unspecified atom stereocenters. The van der Waals surface area contributed by atoms with Crippen LogP contribution < -0.4 is 15.6 Å². The highest BCUT2D eigenvalue weighted by Crippen LogP contribution is 2.31. The van der Waals surface area contributed by atoms with Crippen molar-refractivity contribution in [2.75, 3.05) is 5.32 Å². The van der Waals surface area contributed by atoms with Gasteiger partial charge in [-0.3, -0.25) is 14.2 Å². The fourth-order valence-corrected chi connectivity index (χ4v) is 4.54. The Morgan fingerprint density at radius 1 is 0.971 bits per heavy atom. The largest absolute Gasteiger partial charge is 0.457 e. The molecule has 34 heavy (non-hydrogen) atoms. The number of benzene rings is 3. The van der Waals surface area contributed by atoms with Gasteiger partial charge in [0.15, 0.2) is 0 Å². The fourth-order valence-electron chi connectivity index (χ4n) is 3.51. The molecule has 0 aliphatic heterocycles. The zero-order valence-electron chi connectivity index (χ0n) is 17.8. The van der Waals surface area contributed by atoms with Crippen LogP contribution in [0, 0.1) is 0 Å². The Bertz CT molecular complexity index is 1510. The van der Waals surface area contributed by atoms with E-state index in [1.807, 2.05) is 47.8 Å². The number of hydrogen-bond donors (Lipinski definition) is 1. The molecule has 1 N–H and O–H groups in total. The number of nitrogens with one attached hydrogen (secondary N) is 1. The molecule has 0 aliphatic rings. The van der Waals surface area contributed by atoms with Crippen LogP contribution in [0.25, 0.3) is 21.3 Å². The van der Waals surface area contributed by atoms with Crippen molar-refractivity contribution in [3.05, 3.63) is 106 Å². The Morgan fingerprint density at radius 2 is 1.68 bits per heavy atom. The van der Waals surface area contributed by atoms with Crippen LogP contribution in [0.3, 0.4) is 0 Å². The van der Waals surface area contributed by atoms with Gasteiger partial charge in [0.2, 0.25) is 5.91 Å². The minimum atomic E-state index is -0.330. The summed E-state index contributed by atoms with van der Waals surface area (Å²) >= 11 is 7.38. The molecule has 8 heteroatoms. The van der Waals surface area contributed by atoms with E-state index in [2.05, 4.69) is 10.3 Å². The normalized spacial score (nSPS) is 10.9. The third-order valence-electron chi connectivity index (χ3n) is 5.15. The third-order valence-corrected chi connectivity index (χ3v) is 6.29. The van der Waals surface area contributed by atoms with Gasteiger partial charge in [0.25, 0.3) is 5.56 Å². The van der Waals surface area contributed by atoms with Crippen LogP contribution >= 0.6 is 22.9 Å². The highest BCUT2D eigenvalue weighted by molar-refractivity contribution is 7.17. The number of halogens is 1. The van der Waals surface area contributed by atoms with Crippen molar-refractivity contribution in [2.45, 2.75) is 6.54 Å². The summed E-state index contributed by atoms with van der Waals surface area (Å²) in [4.78, 5) is 30.8. The van der Waals surface area contributed by atoms with Gasteiger partial charge < -0.3 is 10.1 Å². The standard InChI is InChI=1S/C26H18ClN3O3S/c27-18-8-6-17(7-9-18)22-15-34-25-24(22)26(32)30(16-28-25)14-23(31)29-19-10-12-21(13-11-19)33-20-4-2-1-3-5-20/h1-13,15-16H,14H2,(H,29,31). The van der Waals surface area contributed by atoms with E-state index >= 15 is 0 Å². The lowest BCUT2D eigenvalue weighted by Crippen LogP contribution is -2.27. The van der Waals surface area contributed by atoms with E-state index in [1.165, 1.54) is 22.2 Å². The molecule has 0 radical (unpaired) electrons. The molecule has 168 valence electrons. The van der Waals surface area contributed by atoms with E-state index in [0.29, 0.717) is 26.7 Å². The Labute approximate surface area is 204 Å². The molecule has 2 aromatic heterocycles. The van der Waals surface area contributed by atoms with Crippen molar-refractivity contribution >= 4 is 44.7 Å². The van der Waals surface area contributed by atoms with Crippen LogP contribution in [0.1, 0.15) is 0 Å². The van der Waals surface area contributed by atoms with E-state index in [1.54, 1.807) is 36.4 Å². The summed E-state index contributed by atoms with van der Waals surface area (Å²) in [5, 5.41) is 5.81. The maximum Gasteiger partial charge on any atom is 0.263 e. The molecule has 0 fully saturated rings. The smallest absolute Gasteiger partial charge is 0.263 e. The Balaban J connectivity index is 1.31. The zero-order chi connectivity index (χ0) is 23.5. The van der Waals surface area contributed by atoms with E-state index in [4.69, 9.17) is 16.3 Å². The van der Waals surface area contributed by atoms with Crippen LogP contribution in [0.2, 0.25) is 5.02 Å². The Hall–Kier alpha value is -3.94. The SMILES string of the molecule is O=C(Cn1cnc2scc(-c3ccc(Cl)cc3)c2c1=O)Nc1ccc(Oc2ccccc2)cc1. The number of rotatable bonds is 6. The van der Waals surface area contributed by atoms with Crippen LogP contribution in [0.4, 0.5) is 5.69 Å². The van der Waals surface area contributed by atoms with Crippen molar-refractivity contribution in [1.29, 1.82) is 0 Å². The van der Waals surface area contributed by atoms with Gasteiger partial charge in [0.05, 0.1) is 11.7 Å². The first-order valence-corrected chi connectivity index (χ1v) is 11.7. The van der Waals surface area contributed by atoms with Gasteiger partial charge in [-0.1, -0.05) is 41.9 Å². The second-order valence-electron chi connectivity index (χ2n) is 7.50. The molecule has 5 rings (SSSR count). The number of thiophene rings is 1. The molecule has 0 saturated carbocycles. The highest BCUT2D eigenvalue weighted by atomic mass is 35.5. The number of aromatic nitrogens is 2. The summed E-state index contributed by atoms with van der Waals surface area (Å²) in [5.41, 5.74) is 1.98. The van der Waals surface area contributed by atoms with Gasteiger partial charge in [-0.15, -0.1) is 11.3 Å². The molecule has 0 atom stereocenters. The Kier molecular flexibility index (Phi) is 6.12. The van der Waals surface area contributed by atoms with Gasteiger partial charge in [0.1, 0.15) is 22.9 Å². The van der Waals surface area contributed by atoms with Crippen LogP contribution in [0.15, 0.2) is 95.4 Å². The number of ether oxygens (including phenoxy) is 1. The topological polar surface area (TPSA) is 73.2 Å². The van der Waals surface area contributed by atoms with Gasteiger partial charge >= 0.3 is 0 Å². The van der Waals surface area contributed by atoms with Gasteiger partial charge in [-0.25, -0.2) is 4.98 Å². The molecule has 6 nitrogen and oxygen atoms in total. The van der Waals surface area contributed by atoms with E-state index < -0.39 is 0 Å². The number of hydrogen-bond acceptors (Lipinski definition) is 5. The number of fused-ring (bicyclic) bond motifs is 1. The highest BCUT2D eigenvalue weighted by Gasteiger charge is 2.15. The van der Waals surface area contributed by atoms with Crippen LogP contribution in [-0.2, 0) is 11.3 Å². The van der Waals surface area contributed by atoms with Crippen LogP contribution in [0.5, 0.6) is 11.5 Å². The molecule has 0 bridgehead atoms. The summed E-state index contributed by atoms with van der Waals surface area (Å²) in [5.74, 6) is 1.05. The van der Waals surface area contributed by atoms with Crippen molar-refractivity contribution in [2.24, 2.45) is 0 Å². The number of amides is 1. The van der Waals surface area contributed by atoms with Crippen LogP contribution in [-0.4, -0.2) is 15.5 Å². The number of nitrogens with zero attached hydrogens (tertiary/aromatic N) is 2. The Morgan fingerprint density at radius 3 is 2.41 bits per heavy atom. The minimum Gasteiger partial charge on any atom is -0.457 e. The summed E-state index contributed by atoms with van der Waals surface area (Å²) in [6.07, 6.45) is 1.41. The lowest BCUT2D eigenvalue weighted by molar-refractivity contribution is -0.116. The monoisotopic (exact) mass is 487 g/mol. The molecular weight excluding hydrogens is 470 g/mol. The molecule has 0 aliphatic carbocycles. The van der Waals surface area contributed by atoms with Gasteiger partial charge in [0, 0.05) is 21.7 Å². The molecule has 3 aromatic carbocycles. The van der Waals surface area contributed by atoms with Gasteiger partial charge in [-0.2, -0.15) is 0 Å².